The summed E-state index contributed by atoms with van der Waals surface area (Å²) in [5, 5.41) is 13.4. The van der Waals surface area contributed by atoms with Gasteiger partial charge in [0.25, 0.3) is 11.8 Å². The maximum absolute atomic E-state index is 12.7. The first kappa shape index (κ1) is 22.6. The van der Waals surface area contributed by atoms with Crippen molar-refractivity contribution < 1.29 is 29.0 Å². The van der Waals surface area contributed by atoms with Crippen molar-refractivity contribution in [2.24, 2.45) is 0 Å². The summed E-state index contributed by atoms with van der Waals surface area (Å²) in [7, 11) is 0. The number of thioether (sulfide) groups is 1. The fourth-order valence-electron chi connectivity index (χ4n) is 2.54. The second kappa shape index (κ2) is 9.81. The molecule has 160 valence electrons. The van der Waals surface area contributed by atoms with E-state index in [4.69, 9.17) is 22.1 Å². The minimum absolute atomic E-state index is 0.0111. The zero-order chi connectivity index (χ0) is 22.5. The summed E-state index contributed by atoms with van der Waals surface area (Å²) in [6.45, 7) is 1.04. The molecule has 0 saturated carbocycles. The molecular formula is C19H15N3O6S3. The molecule has 9 nitrogen and oxygen atoms in total. The molecule has 1 aliphatic rings. The minimum Gasteiger partial charge on any atom is -0.480 e. The standard InChI is InChI=1S/C19H15N3O6S3/c1-2-28-17(27)13(14-16(26)22(8-12(23)24)19(29)31-14)11-9-30-18(20-11)21-15(25)10-6-4-3-5-7-10/h3-7,9H,2,8H2,1H3,(H,23,24)(H,20,21,25)/b14-13+. The van der Waals surface area contributed by atoms with Gasteiger partial charge in [0.1, 0.15) is 16.4 Å². The molecule has 1 fully saturated rings. The molecule has 0 unspecified atom stereocenters. The number of nitrogens with one attached hydrogen (secondary N) is 1. The van der Waals surface area contributed by atoms with E-state index in [1.807, 2.05) is 0 Å². The number of hydrogen-bond donors (Lipinski definition) is 2. The summed E-state index contributed by atoms with van der Waals surface area (Å²) >= 11 is 6.96. The first-order chi connectivity index (χ1) is 14.8. The van der Waals surface area contributed by atoms with E-state index < -0.39 is 24.4 Å². The highest BCUT2D eigenvalue weighted by Gasteiger charge is 2.38. The zero-order valence-corrected chi connectivity index (χ0v) is 18.4. The monoisotopic (exact) mass is 477 g/mol. The average Bonchev–Trinajstić information content (AvgIpc) is 3.29. The van der Waals surface area contributed by atoms with Crippen molar-refractivity contribution in [2.75, 3.05) is 18.5 Å². The number of esters is 1. The van der Waals surface area contributed by atoms with E-state index >= 15 is 0 Å². The maximum Gasteiger partial charge on any atom is 0.341 e. The summed E-state index contributed by atoms with van der Waals surface area (Å²) in [5.41, 5.74) is 0.408. The summed E-state index contributed by atoms with van der Waals surface area (Å²) in [6, 6.07) is 8.51. The first-order valence-electron chi connectivity index (χ1n) is 8.81. The molecule has 0 radical (unpaired) electrons. The van der Waals surface area contributed by atoms with Gasteiger partial charge in [-0.3, -0.25) is 24.6 Å². The Labute approximate surface area is 190 Å². The van der Waals surface area contributed by atoms with Crippen molar-refractivity contribution in [1.82, 2.24) is 9.88 Å². The molecule has 1 aliphatic heterocycles. The van der Waals surface area contributed by atoms with Gasteiger partial charge < -0.3 is 9.84 Å². The Morgan fingerprint density at radius 3 is 2.61 bits per heavy atom. The molecule has 31 heavy (non-hydrogen) atoms. The largest absolute Gasteiger partial charge is 0.480 e. The lowest BCUT2D eigenvalue weighted by Crippen LogP contribution is -2.33. The third kappa shape index (κ3) is 5.16. The highest BCUT2D eigenvalue weighted by atomic mass is 32.2. The zero-order valence-electron chi connectivity index (χ0n) is 16.0. The van der Waals surface area contributed by atoms with E-state index in [0.29, 0.717) is 5.56 Å². The van der Waals surface area contributed by atoms with Crippen LogP contribution in [0.2, 0.25) is 0 Å². The topological polar surface area (TPSA) is 126 Å². The van der Waals surface area contributed by atoms with Crippen molar-refractivity contribution in [1.29, 1.82) is 0 Å². The number of carbonyl (C=O) groups excluding carboxylic acids is 3. The number of ether oxygens (including phenoxy) is 1. The fraction of sp³-hybridized carbons (Fsp3) is 0.158. The van der Waals surface area contributed by atoms with Crippen LogP contribution in [0.3, 0.4) is 0 Å². The number of hydrogen-bond acceptors (Lipinski definition) is 9. The van der Waals surface area contributed by atoms with Gasteiger partial charge in [-0.05, 0) is 19.1 Å². The molecule has 1 saturated heterocycles. The van der Waals surface area contributed by atoms with Crippen molar-refractivity contribution in [3.8, 4) is 0 Å². The van der Waals surface area contributed by atoms with Gasteiger partial charge in [-0.2, -0.15) is 0 Å². The number of carboxylic acids is 1. The maximum atomic E-state index is 12.7. The number of nitrogens with zero attached hydrogens (tertiary/aromatic N) is 2. The predicted molar refractivity (Wildman–Crippen MR) is 120 cm³/mol. The summed E-state index contributed by atoms with van der Waals surface area (Å²) in [6.07, 6.45) is 0. The van der Waals surface area contributed by atoms with Gasteiger partial charge in [0.15, 0.2) is 5.13 Å². The lowest BCUT2D eigenvalue weighted by molar-refractivity contribution is -0.140. The van der Waals surface area contributed by atoms with Crippen LogP contribution in [0.15, 0.2) is 40.6 Å². The van der Waals surface area contributed by atoms with Crippen LogP contribution in [0.5, 0.6) is 0 Å². The van der Waals surface area contributed by atoms with Gasteiger partial charge in [-0.25, -0.2) is 9.78 Å². The van der Waals surface area contributed by atoms with Crippen LogP contribution in [0, 0.1) is 0 Å². The molecule has 2 aromatic rings. The number of aliphatic carboxylic acids is 1. The second-order valence-electron chi connectivity index (χ2n) is 5.94. The summed E-state index contributed by atoms with van der Waals surface area (Å²) < 4.78 is 5.08. The quantitative estimate of drug-likeness (QED) is 0.351. The number of thiazole rings is 1. The number of aromatic nitrogens is 1. The van der Waals surface area contributed by atoms with Crippen LogP contribution in [0.25, 0.3) is 5.57 Å². The Hall–Kier alpha value is -3.09. The van der Waals surface area contributed by atoms with Crippen LogP contribution in [0.1, 0.15) is 23.0 Å². The summed E-state index contributed by atoms with van der Waals surface area (Å²) in [4.78, 5) is 53.8. The molecular weight excluding hydrogens is 462 g/mol. The van der Waals surface area contributed by atoms with Crippen molar-refractivity contribution in [3.05, 3.63) is 51.9 Å². The molecule has 2 amide bonds. The van der Waals surface area contributed by atoms with Gasteiger partial charge in [0.05, 0.1) is 17.2 Å². The third-order valence-electron chi connectivity index (χ3n) is 3.87. The number of benzene rings is 1. The van der Waals surface area contributed by atoms with E-state index in [1.54, 1.807) is 37.3 Å². The number of thiocarbonyl (C=S) groups is 1. The molecule has 0 bridgehead atoms. The molecule has 1 aromatic heterocycles. The van der Waals surface area contributed by atoms with Gasteiger partial charge in [0, 0.05) is 10.9 Å². The highest BCUT2D eigenvalue weighted by molar-refractivity contribution is 8.26. The number of carboxylic acid groups (broad SMARTS) is 1. The van der Waals surface area contributed by atoms with E-state index in [-0.39, 0.29) is 38.1 Å². The molecule has 0 atom stereocenters. The van der Waals surface area contributed by atoms with Crippen molar-refractivity contribution >= 4 is 74.1 Å². The number of carbonyl (C=O) groups is 4. The van der Waals surface area contributed by atoms with Crippen LogP contribution in [-0.4, -0.2) is 56.2 Å². The van der Waals surface area contributed by atoms with Gasteiger partial charge in [0.2, 0.25) is 0 Å². The van der Waals surface area contributed by atoms with Crippen LogP contribution in [0.4, 0.5) is 5.13 Å². The van der Waals surface area contributed by atoms with Crippen molar-refractivity contribution in [3.63, 3.8) is 0 Å². The third-order valence-corrected chi connectivity index (χ3v) is 6.07. The smallest absolute Gasteiger partial charge is 0.341 e. The van der Waals surface area contributed by atoms with Crippen LogP contribution in [-0.2, 0) is 19.1 Å². The van der Waals surface area contributed by atoms with Gasteiger partial charge in [-0.15, -0.1) is 11.3 Å². The van der Waals surface area contributed by atoms with E-state index in [2.05, 4.69) is 10.3 Å². The average molecular weight is 478 g/mol. The number of anilines is 1. The lowest BCUT2D eigenvalue weighted by atomic mass is 10.2. The number of rotatable bonds is 7. The Kier molecular flexibility index (Phi) is 7.15. The van der Waals surface area contributed by atoms with Crippen LogP contribution >= 0.6 is 35.3 Å². The van der Waals surface area contributed by atoms with Crippen LogP contribution < -0.4 is 5.32 Å². The fourth-order valence-corrected chi connectivity index (χ4v) is 4.56. The molecule has 3 rings (SSSR count). The molecule has 1 aromatic carbocycles. The Morgan fingerprint density at radius 2 is 1.97 bits per heavy atom. The normalized spacial score (nSPS) is 15.1. The number of amides is 2. The summed E-state index contributed by atoms with van der Waals surface area (Å²) in [5.74, 6) is -3.14. The second-order valence-corrected chi connectivity index (χ2v) is 8.44. The van der Waals surface area contributed by atoms with E-state index in [9.17, 15) is 19.2 Å². The Balaban J connectivity index is 1.94. The molecule has 0 spiro atoms. The van der Waals surface area contributed by atoms with E-state index in [1.165, 1.54) is 5.38 Å². The van der Waals surface area contributed by atoms with E-state index in [0.717, 1.165) is 28.0 Å². The lowest BCUT2D eigenvalue weighted by Gasteiger charge is -2.11. The van der Waals surface area contributed by atoms with Gasteiger partial charge >= 0.3 is 11.9 Å². The molecule has 0 aliphatic carbocycles. The highest BCUT2D eigenvalue weighted by Crippen LogP contribution is 2.38. The molecule has 12 heteroatoms. The Bertz CT molecular complexity index is 1100. The first-order valence-corrected chi connectivity index (χ1v) is 10.9. The molecule has 2 heterocycles. The molecule has 2 N–H and O–H groups in total. The predicted octanol–water partition coefficient (Wildman–Crippen LogP) is 2.61. The SMILES string of the molecule is CCOC(=O)/C(=C1/SC(=S)N(CC(=O)O)C1=O)c1csc(NC(=O)c2ccccc2)n1. The minimum atomic E-state index is -1.24. The Morgan fingerprint density at radius 1 is 1.26 bits per heavy atom. The van der Waals surface area contributed by atoms with Gasteiger partial charge in [-0.1, -0.05) is 42.2 Å². The van der Waals surface area contributed by atoms with Crippen molar-refractivity contribution in [2.45, 2.75) is 6.92 Å².